The number of rotatable bonds is 7. The monoisotopic (exact) mass is 385 g/mol. The Labute approximate surface area is 168 Å². The molecule has 4 aromatic rings. The molecule has 0 spiro atoms. The molecule has 144 valence electrons. The zero-order chi connectivity index (χ0) is 19.9. The Morgan fingerprint density at radius 2 is 1.62 bits per heavy atom. The minimum Gasteiger partial charge on any atom is -0.362 e. The van der Waals surface area contributed by atoms with Crippen LogP contribution in [0.3, 0.4) is 0 Å². The molecule has 4 nitrogen and oxygen atoms in total. The fourth-order valence-electron chi connectivity index (χ4n) is 3.06. The van der Waals surface area contributed by atoms with E-state index in [0.29, 0.717) is 6.61 Å². The Kier molecular flexibility index (Phi) is 5.88. The molecule has 1 heterocycles. The summed E-state index contributed by atoms with van der Waals surface area (Å²) in [5.41, 5.74) is 3.75. The third-order valence-corrected chi connectivity index (χ3v) is 4.50. The number of nitrogens with zero attached hydrogens (tertiary/aromatic N) is 3. The summed E-state index contributed by atoms with van der Waals surface area (Å²) >= 11 is 0. The van der Waals surface area contributed by atoms with Gasteiger partial charge in [0.2, 0.25) is 0 Å². The molecule has 4 rings (SSSR count). The maximum Gasteiger partial charge on any atom is 0.138 e. The number of ether oxygens (including phenoxy) is 1. The summed E-state index contributed by atoms with van der Waals surface area (Å²) in [5.74, 6) is -0.263. The highest BCUT2D eigenvalue weighted by Gasteiger charge is 2.20. The fourth-order valence-corrected chi connectivity index (χ4v) is 3.06. The minimum atomic E-state index is -0.386. The van der Waals surface area contributed by atoms with Crippen LogP contribution >= 0.6 is 0 Å². The van der Waals surface area contributed by atoms with Gasteiger partial charge in [-0.15, -0.1) is 0 Å². The van der Waals surface area contributed by atoms with Gasteiger partial charge in [-0.3, -0.25) is 0 Å². The second kappa shape index (κ2) is 9.08. The Morgan fingerprint density at radius 3 is 2.28 bits per heavy atom. The molecule has 5 heteroatoms. The zero-order valence-corrected chi connectivity index (χ0v) is 15.7. The molecule has 1 atom stereocenters. The number of hydrogen-bond donors (Lipinski definition) is 0. The van der Waals surface area contributed by atoms with E-state index in [9.17, 15) is 4.39 Å². The fraction of sp³-hybridized carbons (Fsp3) is 0.0833. The van der Waals surface area contributed by atoms with Crippen LogP contribution in [0, 0.1) is 5.82 Å². The number of benzene rings is 3. The van der Waals surface area contributed by atoms with E-state index in [1.807, 2.05) is 66.7 Å². The molecular formula is C24H20FN3O. The van der Waals surface area contributed by atoms with Gasteiger partial charge in [0.1, 0.15) is 24.6 Å². The van der Waals surface area contributed by atoms with Crippen molar-refractivity contribution in [3.63, 3.8) is 0 Å². The van der Waals surface area contributed by atoms with Crippen molar-refractivity contribution in [3.8, 4) is 0 Å². The van der Waals surface area contributed by atoms with Gasteiger partial charge in [-0.25, -0.2) is 14.1 Å². The third-order valence-electron chi connectivity index (χ3n) is 4.50. The molecule has 3 aromatic carbocycles. The van der Waals surface area contributed by atoms with Gasteiger partial charge in [0.05, 0.1) is 12.3 Å². The van der Waals surface area contributed by atoms with Crippen LogP contribution in [-0.4, -0.2) is 14.8 Å². The summed E-state index contributed by atoms with van der Waals surface area (Å²) in [6.07, 6.45) is 4.81. The van der Waals surface area contributed by atoms with Crippen LogP contribution in [0.25, 0.3) is 11.8 Å². The summed E-state index contributed by atoms with van der Waals surface area (Å²) in [6.45, 7) is 0.334. The van der Waals surface area contributed by atoms with Crippen LogP contribution in [0.4, 0.5) is 4.39 Å². The van der Waals surface area contributed by atoms with E-state index in [1.165, 1.54) is 18.5 Å². The molecule has 0 aliphatic carbocycles. The lowest BCUT2D eigenvalue weighted by molar-refractivity contribution is 0.0747. The molecule has 1 aromatic heterocycles. The van der Waals surface area contributed by atoms with E-state index in [2.05, 4.69) is 10.1 Å². The number of aromatic nitrogens is 3. The lowest BCUT2D eigenvalue weighted by Gasteiger charge is -2.22. The standard InChI is InChI=1S/C24H20FN3O/c25-22-13-11-20(12-14-22)16-29-24(21-9-5-2-6-10-21)23(28-18-26-17-27-28)15-19-7-3-1-4-8-19/h1-15,17-18,24H,16H2. The van der Waals surface area contributed by atoms with Crippen molar-refractivity contribution in [1.29, 1.82) is 0 Å². The summed E-state index contributed by atoms with van der Waals surface area (Å²) in [5, 5.41) is 4.33. The Morgan fingerprint density at radius 1 is 0.931 bits per heavy atom. The first-order chi connectivity index (χ1) is 14.3. The van der Waals surface area contributed by atoms with Crippen LogP contribution in [0.15, 0.2) is 97.6 Å². The van der Waals surface area contributed by atoms with Gasteiger partial charge in [-0.1, -0.05) is 72.8 Å². The molecule has 0 N–H and O–H groups in total. The summed E-state index contributed by atoms with van der Waals surface area (Å²) in [6, 6.07) is 26.3. The van der Waals surface area contributed by atoms with Gasteiger partial charge in [-0.2, -0.15) is 5.10 Å². The van der Waals surface area contributed by atoms with Crippen molar-refractivity contribution in [2.75, 3.05) is 0 Å². The van der Waals surface area contributed by atoms with Gasteiger partial charge in [0.15, 0.2) is 0 Å². The molecule has 0 amide bonds. The zero-order valence-electron chi connectivity index (χ0n) is 15.7. The summed E-state index contributed by atoms with van der Waals surface area (Å²) < 4.78 is 21.3. The normalized spacial score (nSPS) is 12.7. The molecule has 0 radical (unpaired) electrons. The number of halogens is 1. The molecule has 0 bridgehead atoms. The first kappa shape index (κ1) is 18.8. The van der Waals surface area contributed by atoms with Crippen molar-refractivity contribution in [1.82, 2.24) is 14.8 Å². The van der Waals surface area contributed by atoms with Crippen molar-refractivity contribution < 1.29 is 9.13 Å². The van der Waals surface area contributed by atoms with Crippen molar-refractivity contribution in [3.05, 3.63) is 120 Å². The summed E-state index contributed by atoms with van der Waals surface area (Å²) in [7, 11) is 0. The Hall–Kier alpha value is -3.57. The molecule has 0 saturated carbocycles. The molecule has 0 aliphatic rings. The maximum absolute atomic E-state index is 13.2. The third kappa shape index (κ3) is 4.83. The van der Waals surface area contributed by atoms with Crippen molar-refractivity contribution >= 4 is 11.8 Å². The van der Waals surface area contributed by atoms with Gasteiger partial charge in [-0.05, 0) is 34.9 Å². The topological polar surface area (TPSA) is 39.9 Å². The lowest BCUT2D eigenvalue weighted by atomic mass is 10.0. The number of hydrogen-bond acceptors (Lipinski definition) is 3. The van der Waals surface area contributed by atoms with E-state index in [-0.39, 0.29) is 11.9 Å². The first-order valence-corrected chi connectivity index (χ1v) is 9.32. The van der Waals surface area contributed by atoms with Gasteiger partial charge in [0, 0.05) is 0 Å². The predicted molar refractivity (Wildman–Crippen MR) is 111 cm³/mol. The molecule has 0 aliphatic heterocycles. The van der Waals surface area contributed by atoms with E-state index in [4.69, 9.17) is 4.74 Å². The van der Waals surface area contributed by atoms with E-state index >= 15 is 0 Å². The van der Waals surface area contributed by atoms with Gasteiger partial charge in [0.25, 0.3) is 0 Å². The van der Waals surface area contributed by atoms with Gasteiger partial charge >= 0.3 is 0 Å². The van der Waals surface area contributed by atoms with Crippen molar-refractivity contribution in [2.45, 2.75) is 12.7 Å². The van der Waals surface area contributed by atoms with E-state index in [1.54, 1.807) is 23.1 Å². The molecule has 29 heavy (non-hydrogen) atoms. The second-order valence-corrected chi connectivity index (χ2v) is 6.55. The highest BCUT2D eigenvalue weighted by atomic mass is 19.1. The van der Waals surface area contributed by atoms with E-state index < -0.39 is 0 Å². The molecular weight excluding hydrogens is 365 g/mol. The quantitative estimate of drug-likeness (QED) is 0.429. The first-order valence-electron chi connectivity index (χ1n) is 9.32. The smallest absolute Gasteiger partial charge is 0.138 e. The molecule has 1 unspecified atom stereocenters. The lowest BCUT2D eigenvalue weighted by Crippen LogP contribution is -2.12. The van der Waals surface area contributed by atoms with Crippen LogP contribution in [0.5, 0.6) is 0 Å². The summed E-state index contributed by atoms with van der Waals surface area (Å²) in [4.78, 5) is 4.10. The van der Waals surface area contributed by atoms with Crippen LogP contribution in [0.1, 0.15) is 22.8 Å². The van der Waals surface area contributed by atoms with Crippen LogP contribution in [0.2, 0.25) is 0 Å². The van der Waals surface area contributed by atoms with E-state index in [0.717, 1.165) is 22.4 Å². The SMILES string of the molecule is Fc1ccc(COC(C(=Cc2ccccc2)n2cncn2)c2ccccc2)cc1. The highest BCUT2D eigenvalue weighted by molar-refractivity contribution is 5.73. The molecule has 0 saturated heterocycles. The largest absolute Gasteiger partial charge is 0.362 e. The maximum atomic E-state index is 13.2. The second-order valence-electron chi connectivity index (χ2n) is 6.55. The highest BCUT2D eigenvalue weighted by Crippen LogP contribution is 2.31. The van der Waals surface area contributed by atoms with Crippen LogP contribution in [-0.2, 0) is 11.3 Å². The predicted octanol–water partition coefficient (Wildman–Crippen LogP) is 5.37. The average molecular weight is 385 g/mol. The van der Waals surface area contributed by atoms with Crippen LogP contribution < -0.4 is 0 Å². The van der Waals surface area contributed by atoms with Gasteiger partial charge < -0.3 is 4.74 Å². The average Bonchev–Trinajstić information content (AvgIpc) is 3.30. The Bertz CT molecular complexity index is 1050. The molecule has 0 fully saturated rings. The minimum absolute atomic E-state index is 0.263. The van der Waals surface area contributed by atoms with Crippen molar-refractivity contribution in [2.24, 2.45) is 0 Å². The Balaban J connectivity index is 1.72.